The minimum absolute atomic E-state index is 0.0101. The molecule has 2 aliphatic rings. The number of hydrogen-bond acceptors (Lipinski definition) is 2. The van der Waals surface area contributed by atoms with Crippen molar-refractivity contribution >= 4 is 0 Å². The van der Waals surface area contributed by atoms with Gasteiger partial charge >= 0.3 is 6.18 Å². The lowest BCUT2D eigenvalue weighted by atomic mass is 9.83. The second kappa shape index (κ2) is 4.92. The molecule has 2 unspecified atom stereocenters. The number of halogens is 3. The summed E-state index contributed by atoms with van der Waals surface area (Å²) in [6.45, 7) is 6.08. The van der Waals surface area contributed by atoms with Crippen molar-refractivity contribution in [2.24, 2.45) is 17.3 Å². The summed E-state index contributed by atoms with van der Waals surface area (Å²) in [6, 6.07) is 0. The van der Waals surface area contributed by atoms with E-state index < -0.39 is 12.8 Å². The summed E-state index contributed by atoms with van der Waals surface area (Å²) < 4.78 is 41.5. The van der Waals surface area contributed by atoms with Gasteiger partial charge in [-0.2, -0.15) is 13.2 Å². The van der Waals surface area contributed by atoms with Crippen LogP contribution in [0.15, 0.2) is 0 Å². The average Bonchev–Trinajstić information content (AvgIpc) is 2.82. The molecule has 0 aromatic rings. The van der Waals surface area contributed by atoms with Crippen LogP contribution >= 0.6 is 0 Å². The molecule has 0 aliphatic heterocycles. The Morgan fingerprint density at radius 2 is 1.74 bits per heavy atom. The van der Waals surface area contributed by atoms with Gasteiger partial charge in [-0.3, -0.25) is 0 Å². The molecule has 0 saturated heterocycles. The second-order valence-corrected chi connectivity index (χ2v) is 7.38. The molecule has 112 valence electrons. The standard InChI is InChI=1S/C14H24F3NO/c1-12(2,3)18-7-13(5-10-4-11(10)6-13)8-19-9-14(15,16)17/h10-11,18H,4-9H2,1-3H3. The molecule has 0 spiro atoms. The van der Waals surface area contributed by atoms with Crippen LogP contribution in [-0.2, 0) is 4.74 Å². The van der Waals surface area contributed by atoms with Gasteiger partial charge in [0, 0.05) is 17.5 Å². The molecule has 2 aliphatic carbocycles. The summed E-state index contributed by atoms with van der Waals surface area (Å²) in [5.74, 6) is 1.47. The van der Waals surface area contributed by atoms with Crippen molar-refractivity contribution in [1.82, 2.24) is 5.32 Å². The van der Waals surface area contributed by atoms with Gasteiger partial charge in [-0.05, 0) is 51.9 Å². The van der Waals surface area contributed by atoms with E-state index in [1.54, 1.807) is 0 Å². The fourth-order valence-corrected chi connectivity index (χ4v) is 3.16. The van der Waals surface area contributed by atoms with E-state index in [0.717, 1.165) is 31.2 Å². The van der Waals surface area contributed by atoms with Crippen molar-refractivity contribution in [1.29, 1.82) is 0 Å². The third kappa shape index (κ3) is 4.63. The van der Waals surface area contributed by atoms with Crippen molar-refractivity contribution < 1.29 is 17.9 Å². The first-order valence-electron chi connectivity index (χ1n) is 6.98. The number of ether oxygens (including phenoxy) is 1. The van der Waals surface area contributed by atoms with Crippen molar-refractivity contribution in [2.75, 3.05) is 19.8 Å². The number of fused-ring (bicyclic) bond motifs is 1. The first-order chi connectivity index (χ1) is 8.59. The molecule has 0 radical (unpaired) electrons. The van der Waals surface area contributed by atoms with Crippen LogP contribution in [0.1, 0.15) is 40.0 Å². The van der Waals surface area contributed by atoms with Gasteiger partial charge in [0.25, 0.3) is 0 Å². The summed E-state index contributed by atoms with van der Waals surface area (Å²) in [5.41, 5.74) is -0.101. The van der Waals surface area contributed by atoms with E-state index in [9.17, 15) is 13.2 Å². The average molecular weight is 279 g/mol. The zero-order chi connectivity index (χ0) is 14.3. The summed E-state index contributed by atoms with van der Waals surface area (Å²) in [4.78, 5) is 0. The fraction of sp³-hybridized carbons (Fsp3) is 1.00. The molecule has 0 heterocycles. The lowest BCUT2D eigenvalue weighted by Crippen LogP contribution is -2.45. The van der Waals surface area contributed by atoms with E-state index in [0.29, 0.717) is 0 Å². The quantitative estimate of drug-likeness (QED) is 0.833. The predicted octanol–water partition coefficient (Wildman–Crippen LogP) is 3.37. The second-order valence-electron chi connectivity index (χ2n) is 7.38. The molecule has 0 bridgehead atoms. The third-order valence-corrected chi connectivity index (χ3v) is 4.13. The zero-order valence-corrected chi connectivity index (χ0v) is 11.9. The third-order valence-electron chi connectivity index (χ3n) is 4.13. The Balaban J connectivity index is 1.85. The van der Waals surface area contributed by atoms with Crippen LogP contribution < -0.4 is 5.32 Å². The van der Waals surface area contributed by atoms with Crippen molar-refractivity contribution in [3.05, 3.63) is 0 Å². The van der Waals surface area contributed by atoms with Gasteiger partial charge in [0.2, 0.25) is 0 Å². The van der Waals surface area contributed by atoms with Crippen LogP contribution in [0.3, 0.4) is 0 Å². The highest BCUT2D eigenvalue weighted by Gasteiger charge is 2.54. The van der Waals surface area contributed by atoms with E-state index >= 15 is 0 Å². The molecule has 1 N–H and O–H groups in total. The summed E-state index contributed by atoms with van der Waals surface area (Å²) in [7, 11) is 0. The van der Waals surface area contributed by atoms with E-state index in [1.807, 2.05) is 0 Å². The highest BCUT2D eigenvalue weighted by molar-refractivity contribution is 5.04. The van der Waals surface area contributed by atoms with Gasteiger partial charge in [0.05, 0.1) is 6.61 Å². The van der Waals surface area contributed by atoms with Gasteiger partial charge in [-0.1, -0.05) is 0 Å². The molecule has 0 aromatic heterocycles. The Morgan fingerprint density at radius 1 is 1.16 bits per heavy atom. The minimum atomic E-state index is -4.22. The van der Waals surface area contributed by atoms with Crippen LogP contribution in [-0.4, -0.2) is 31.5 Å². The molecule has 2 rings (SSSR count). The van der Waals surface area contributed by atoms with Gasteiger partial charge < -0.3 is 10.1 Å². The highest BCUT2D eigenvalue weighted by atomic mass is 19.4. The Labute approximate surface area is 113 Å². The molecular weight excluding hydrogens is 255 g/mol. The lowest BCUT2D eigenvalue weighted by Gasteiger charge is -2.34. The number of nitrogens with one attached hydrogen (secondary N) is 1. The molecule has 2 atom stereocenters. The topological polar surface area (TPSA) is 21.3 Å². The molecule has 0 amide bonds. The maximum Gasteiger partial charge on any atom is 0.411 e. The van der Waals surface area contributed by atoms with E-state index in [-0.39, 0.29) is 17.6 Å². The molecule has 0 aromatic carbocycles. The molecule has 19 heavy (non-hydrogen) atoms. The Kier molecular flexibility index (Phi) is 3.91. The SMILES string of the molecule is CC(C)(C)NCC1(COCC(F)(F)F)CC2CC2C1. The normalized spacial score (nSPS) is 34.4. The van der Waals surface area contributed by atoms with Crippen LogP contribution in [0.2, 0.25) is 0 Å². The maximum absolute atomic E-state index is 12.2. The van der Waals surface area contributed by atoms with Crippen LogP contribution in [0.4, 0.5) is 13.2 Å². The van der Waals surface area contributed by atoms with E-state index in [4.69, 9.17) is 4.74 Å². The van der Waals surface area contributed by atoms with Gasteiger partial charge in [-0.25, -0.2) is 0 Å². The van der Waals surface area contributed by atoms with Crippen LogP contribution in [0.5, 0.6) is 0 Å². The van der Waals surface area contributed by atoms with E-state index in [1.165, 1.54) is 6.42 Å². The largest absolute Gasteiger partial charge is 0.411 e. The Morgan fingerprint density at radius 3 is 2.21 bits per heavy atom. The molecule has 2 fully saturated rings. The first kappa shape index (κ1) is 15.1. The highest BCUT2D eigenvalue weighted by Crippen LogP contribution is 2.59. The van der Waals surface area contributed by atoms with Crippen LogP contribution in [0.25, 0.3) is 0 Å². The summed E-state index contributed by atoms with van der Waals surface area (Å²) in [6.07, 6.45) is -0.937. The molecular formula is C14H24F3NO. The molecule has 5 heteroatoms. The number of hydrogen-bond donors (Lipinski definition) is 1. The molecule has 2 nitrogen and oxygen atoms in total. The summed E-state index contributed by atoms with van der Waals surface area (Å²) in [5, 5.41) is 3.43. The summed E-state index contributed by atoms with van der Waals surface area (Å²) >= 11 is 0. The van der Waals surface area contributed by atoms with Crippen molar-refractivity contribution in [3.8, 4) is 0 Å². The maximum atomic E-state index is 12.2. The van der Waals surface area contributed by atoms with Gasteiger partial charge in [-0.15, -0.1) is 0 Å². The smallest absolute Gasteiger partial charge is 0.371 e. The first-order valence-corrected chi connectivity index (χ1v) is 6.98. The van der Waals surface area contributed by atoms with Crippen molar-refractivity contribution in [3.63, 3.8) is 0 Å². The van der Waals surface area contributed by atoms with Crippen molar-refractivity contribution in [2.45, 2.75) is 51.7 Å². The Bertz CT molecular complexity index is 312. The lowest BCUT2D eigenvalue weighted by molar-refractivity contribution is -0.181. The van der Waals surface area contributed by atoms with Crippen LogP contribution in [0, 0.1) is 17.3 Å². The molecule has 2 saturated carbocycles. The monoisotopic (exact) mass is 279 g/mol. The number of rotatable bonds is 5. The van der Waals surface area contributed by atoms with E-state index in [2.05, 4.69) is 26.1 Å². The zero-order valence-electron chi connectivity index (χ0n) is 11.9. The van der Waals surface area contributed by atoms with Gasteiger partial charge in [0.15, 0.2) is 0 Å². The number of alkyl halides is 3. The minimum Gasteiger partial charge on any atom is -0.371 e. The fourth-order valence-electron chi connectivity index (χ4n) is 3.16. The predicted molar refractivity (Wildman–Crippen MR) is 67.9 cm³/mol. The Hall–Kier alpha value is -0.290. The van der Waals surface area contributed by atoms with Gasteiger partial charge in [0.1, 0.15) is 6.61 Å².